The highest BCUT2D eigenvalue weighted by Gasteiger charge is 2.65. The number of rotatable bonds is 4. The molecule has 1 aromatic carbocycles. The van der Waals surface area contributed by atoms with Gasteiger partial charge in [-0.2, -0.15) is 5.26 Å². The van der Waals surface area contributed by atoms with Crippen molar-refractivity contribution in [3.8, 4) is 6.07 Å². The standard InChI is InChI=1S/C16H18N2O2S/c17-8-10-1-3-11(4-2-10)9-21(19,20)18-16-14-12-5-6-13(7-12)15(14)16/h1-4,12-16,18H,5-7,9H2. The van der Waals surface area contributed by atoms with Crippen molar-refractivity contribution in [2.24, 2.45) is 23.7 Å². The zero-order chi connectivity index (χ0) is 14.6. The summed E-state index contributed by atoms with van der Waals surface area (Å²) in [5, 5.41) is 8.76. The lowest BCUT2D eigenvalue weighted by Gasteiger charge is -2.11. The van der Waals surface area contributed by atoms with Crippen molar-refractivity contribution < 1.29 is 8.42 Å². The molecule has 0 saturated heterocycles. The van der Waals surface area contributed by atoms with Crippen LogP contribution in [0.3, 0.4) is 0 Å². The first-order chi connectivity index (χ1) is 10.1. The number of nitrogens with zero attached hydrogens (tertiary/aromatic N) is 1. The molecule has 0 aromatic heterocycles. The van der Waals surface area contributed by atoms with Gasteiger partial charge >= 0.3 is 0 Å². The molecule has 4 atom stereocenters. The SMILES string of the molecule is N#Cc1ccc(CS(=O)(=O)NC2C3C4CCC(C4)C23)cc1. The highest BCUT2D eigenvalue weighted by molar-refractivity contribution is 7.88. The van der Waals surface area contributed by atoms with Crippen LogP contribution in [0.15, 0.2) is 24.3 Å². The van der Waals surface area contributed by atoms with Gasteiger partial charge in [0.15, 0.2) is 0 Å². The van der Waals surface area contributed by atoms with Crippen molar-refractivity contribution in [2.45, 2.75) is 31.1 Å². The number of hydrogen-bond donors (Lipinski definition) is 1. The van der Waals surface area contributed by atoms with Crippen LogP contribution in [-0.4, -0.2) is 14.5 Å². The number of fused-ring (bicyclic) bond motifs is 5. The number of hydrogen-bond acceptors (Lipinski definition) is 3. The Labute approximate surface area is 125 Å². The van der Waals surface area contributed by atoms with Crippen molar-refractivity contribution in [1.82, 2.24) is 4.72 Å². The van der Waals surface area contributed by atoms with Gasteiger partial charge < -0.3 is 0 Å². The molecular weight excluding hydrogens is 284 g/mol. The zero-order valence-electron chi connectivity index (χ0n) is 11.7. The van der Waals surface area contributed by atoms with E-state index in [4.69, 9.17) is 5.26 Å². The molecule has 3 aliphatic rings. The van der Waals surface area contributed by atoms with Gasteiger partial charge in [-0.25, -0.2) is 13.1 Å². The molecular formula is C16H18N2O2S. The van der Waals surface area contributed by atoms with Crippen LogP contribution in [0.4, 0.5) is 0 Å². The third kappa shape index (κ3) is 2.27. The van der Waals surface area contributed by atoms with Gasteiger partial charge in [-0.1, -0.05) is 12.1 Å². The second-order valence-corrected chi connectivity index (χ2v) is 8.45. The molecule has 21 heavy (non-hydrogen) atoms. The Bertz CT molecular complexity index is 689. The molecule has 3 fully saturated rings. The molecule has 1 N–H and O–H groups in total. The first-order valence-corrected chi connectivity index (χ1v) is 9.22. The molecule has 0 amide bonds. The summed E-state index contributed by atoms with van der Waals surface area (Å²) in [5.74, 6) is 2.76. The molecule has 0 radical (unpaired) electrons. The van der Waals surface area contributed by atoms with E-state index in [0.29, 0.717) is 17.4 Å². The quantitative estimate of drug-likeness (QED) is 0.925. The molecule has 0 spiro atoms. The second-order valence-electron chi connectivity index (χ2n) is 6.70. The molecule has 4 nitrogen and oxygen atoms in total. The van der Waals surface area contributed by atoms with E-state index in [1.807, 2.05) is 6.07 Å². The maximum atomic E-state index is 12.3. The summed E-state index contributed by atoms with van der Waals surface area (Å²) < 4.78 is 27.5. The highest BCUT2D eigenvalue weighted by Crippen LogP contribution is 2.65. The van der Waals surface area contributed by atoms with Crippen molar-refractivity contribution in [2.75, 3.05) is 0 Å². The summed E-state index contributed by atoms with van der Waals surface area (Å²) in [7, 11) is -3.28. The number of benzene rings is 1. The van der Waals surface area contributed by atoms with E-state index in [9.17, 15) is 8.42 Å². The van der Waals surface area contributed by atoms with Gasteiger partial charge in [0.05, 0.1) is 17.4 Å². The predicted molar refractivity (Wildman–Crippen MR) is 78.5 cm³/mol. The zero-order valence-corrected chi connectivity index (χ0v) is 12.5. The van der Waals surface area contributed by atoms with E-state index >= 15 is 0 Å². The van der Waals surface area contributed by atoms with Gasteiger partial charge in [-0.05, 0) is 60.6 Å². The lowest BCUT2D eigenvalue weighted by molar-refractivity contribution is 0.456. The fraction of sp³-hybridized carbons (Fsp3) is 0.562. The first kappa shape index (κ1) is 13.3. The van der Waals surface area contributed by atoms with Gasteiger partial charge in [-0.15, -0.1) is 0 Å². The van der Waals surface area contributed by atoms with Crippen molar-refractivity contribution in [3.63, 3.8) is 0 Å². The van der Waals surface area contributed by atoms with Crippen LogP contribution in [0.1, 0.15) is 30.4 Å². The van der Waals surface area contributed by atoms with Gasteiger partial charge in [-0.3, -0.25) is 0 Å². The van der Waals surface area contributed by atoms with Crippen molar-refractivity contribution >= 4 is 10.0 Å². The summed E-state index contributed by atoms with van der Waals surface area (Å²) in [6.07, 6.45) is 3.91. The fourth-order valence-electron chi connectivity index (χ4n) is 4.63. The minimum Gasteiger partial charge on any atom is -0.212 e. The summed E-state index contributed by atoms with van der Waals surface area (Å²) in [5.41, 5.74) is 1.28. The van der Waals surface area contributed by atoms with Crippen molar-refractivity contribution in [3.05, 3.63) is 35.4 Å². The fourth-order valence-corrected chi connectivity index (χ4v) is 6.07. The van der Waals surface area contributed by atoms with Crippen LogP contribution in [0.5, 0.6) is 0 Å². The van der Waals surface area contributed by atoms with Gasteiger partial charge in [0.2, 0.25) is 10.0 Å². The predicted octanol–water partition coefficient (Wildman–Crippen LogP) is 2.02. The van der Waals surface area contributed by atoms with E-state index in [1.165, 1.54) is 19.3 Å². The minimum absolute atomic E-state index is 0.00395. The van der Waals surface area contributed by atoms with E-state index in [1.54, 1.807) is 24.3 Å². The third-order valence-electron chi connectivity index (χ3n) is 5.49. The Kier molecular flexibility index (Phi) is 2.88. The Morgan fingerprint density at radius 2 is 1.76 bits per heavy atom. The minimum atomic E-state index is -3.28. The van der Waals surface area contributed by atoms with Crippen LogP contribution in [0, 0.1) is 35.0 Å². The topological polar surface area (TPSA) is 70.0 Å². The average Bonchev–Trinajstić information content (AvgIpc) is 2.85. The number of nitriles is 1. The summed E-state index contributed by atoms with van der Waals surface area (Å²) in [6.45, 7) is 0. The average molecular weight is 302 g/mol. The van der Waals surface area contributed by atoms with Crippen LogP contribution >= 0.6 is 0 Å². The normalized spacial score (nSPS) is 36.2. The maximum absolute atomic E-state index is 12.3. The highest BCUT2D eigenvalue weighted by atomic mass is 32.2. The Morgan fingerprint density at radius 3 is 2.33 bits per heavy atom. The maximum Gasteiger partial charge on any atom is 0.216 e. The largest absolute Gasteiger partial charge is 0.216 e. The Hall–Kier alpha value is -1.38. The molecule has 2 bridgehead atoms. The molecule has 5 heteroatoms. The molecule has 0 heterocycles. The first-order valence-electron chi connectivity index (χ1n) is 7.56. The second kappa shape index (κ2) is 4.56. The lowest BCUT2D eigenvalue weighted by atomic mass is 10.0. The molecule has 4 unspecified atom stereocenters. The van der Waals surface area contributed by atoms with Crippen LogP contribution in [0.2, 0.25) is 0 Å². The van der Waals surface area contributed by atoms with Crippen molar-refractivity contribution in [1.29, 1.82) is 5.26 Å². The van der Waals surface area contributed by atoms with E-state index in [-0.39, 0.29) is 11.8 Å². The van der Waals surface area contributed by atoms with Gasteiger partial charge in [0.1, 0.15) is 0 Å². The van der Waals surface area contributed by atoms with Gasteiger partial charge in [0.25, 0.3) is 0 Å². The van der Waals surface area contributed by atoms with E-state index < -0.39 is 10.0 Å². The molecule has 4 rings (SSSR count). The molecule has 1 aromatic rings. The molecule has 3 saturated carbocycles. The molecule has 0 aliphatic heterocycles. The van der Waals surface area contributed by atoms with Crippen LogP contribution in [0.25, 0.3) is 0 Å². The summed E-state index contributed by atoms with van der Waals surface area (Å²) in [4.78, 5) is 0. The molecule has 3 aliphatic carbocycles. The smallest absolute Gasteiger partial charge is 0.212 e. The van der Waals surface area contributed by atoms with Crippen LogP contribution < -0.4 is 4.72 Å². The molecule has 110 valence electrons. The third-order valence-corrected chi connectivity index (χ3v) is 6.84. The van der Waals surface area contributed by atoms with E-state index in [0.717, 1.165) is 17.4 Å². The Morgan fingerprint density at radius 1 is 1.14 bits per heavy atom. The monoisotopic (exact) mass is 302 g/mol. The lowest BCUT2D eigenvalue weighted by Crippen LogP contribution is -2.31. The Balaban J connectivity index is 1.42. The van der Waals surface area contributed by atoms with E-state index in [2.05, 4.69) is 4.72 Å². The summed E-state index contributed by atoms with van der Waals surface area (Å²) >= 11 is 0. The number of nitrogens with one attached hydrogen (secondary N) is 1. The summed E-state index contributed by atoms with van der Waals surface area (Å²) in [6, 6.07) is 8.99. The van der Waals surface area contributed by atoms with Gasteiger partial charge in [0, 0.05) is 6.04 Å². The number of sulfonamides is 1. The van der Waals surface area contributed by atoms with Crippen LogP contribution in [-0.2, 0) is 15.8 Å².